The number of hydrogen-bond donors (Lipinski definition) is 0. The Morgan fingerprint density at radius 2 is 0.455 bits per heavy atom. The summed E-state index contributed by atoms with van der Waals surface area (Å²) in [6.07, 6.45) is 0. The zero-order chi connectivity index (χ0) is 62.4. The molecule has 10 aromatic carbocycles. The molecule has 3 heteroatoms. The first-order chi connectivity index (χ1) is 41.4. The van der Waals surface area contributed by atoms with E-state index in [-0.39, 0.29) is 27.1 Å². The molecule has 0 spiro atoms. The highest BCUT2D eigenvalue weighted by Crippen LogP contribution is 2.50. The molecule has 0 radical (unpaired) electrons. The second kappa shape index (κ2) is 20.3. The maximum Gasteiger partial charge on any atom is 0.0544 e. The maximum atomic E-state index is 2.67. The first-order valence-corrected chi connectivity index (χ1v) is 32.1. The number of fused-ring (bicyclic) bond motifs is 9. The zero-order valence-electron chi connectivity index (χ0n) is 55.5. The van der Waals surface area contributed by atoms with E-state index >= 15 is 0 Å². The molecule has 3 aromatic heterocycles. The summed E-state index contributed by atoms with van der Waals surface area (Å²) in [5.74, 6) is 0. The molecule has 444 valence electrons. The Kier molecular flexibility index (Phi) is 13.5. The molecule has 13 aromatic rings. The smallest absolute Gasteiger partial charge is 0.0544 e. The van der Waals surface area contributed by atoms with Crippen LogP contribution in [0.15, 0.2) is 212 Å². The van der Waals surface area contributed by atoms with Crippen molar-refractivity contribution < 1.29 is 0 Å². The first kappa shape index (κ1) is 58.6. The van der Waals surface area contributed by atoms with Crippen LogP contribution in [0, 0.1) is 0 Å². The zero-order valence-corrected chi connectivity index (χ0v) is 55.5. The van der Waals surface area contributed by atoms with Gasteiger partial charge in [-0.05, 0) is 162 Å². The van der Waals surface area contributed by atoms with Crippen molar-refractivity contribution in [2.75, 3.05) is 0 Å². The molecule has 0 fully saturated rings. The lowest BCUT2D eigenvalue weighted by Crippen LogP contribution is -2.30. The second-order valence-electron chi connectivity index (χ2n) is 31.2. The van der Waals surface area contributed by atoms with E-state index < -0.39 is 10.8 Å². The van der Waals surface area contributed by atoms with Crippen LogP contribution >= 0.6 is 0 Å². The van der Waals surface area contributed by atoms with Crippen LogP contribution in [0.1, 0.15) is 180 Å². The van der Waals surface area contributed by atoms with E-state index in [4.69, 9.17) is 0 Å². The summed E-state index contributed by atoms with van der Waals surface area (Å²) in [6, 6.07) is 82.2. The SMILES string of the molecule is CC(C)(C)c1ccc2c(c1)c1cc(C(C)(C)C)ccc1n2-c1ccc2c(c1)c1cc(-n3c4ccc(C(C)(C)C)cc4c4cc(C(C)(C)C)ccc43)ccc1n2-c1c(C(C)(C)c2ccccc2)cc(C(C)(C)c2ccccc2)cc1C(C)(C)c1ccccc1. The molecule has 0 aliphatic rings. The number of hydrogen-bond acceptors (Lipinski definition) is 0. The van der Waals surface area contributed by atoms with Crippen LogP contribution in [-0.2, 0) is 37.9 Å². The van der Waals surface area contributed by atoms with E-state index in [0.717, 1.165) is 11.4 Å². The Bertz CT molecular complexity index is 4450. The van der Waals surface area contributed by atoms with Gasteiger partial charge in [-0.15, -0.1) is 0 Å². The van der Waals surface area contributed by atoms with Gasteiger partial charge in [0, 0.05) is 59.9 Å². The fourth-order valence-electron chi connectivity index (χ4n) is 14.2. The van der Waals surface area contributed by atoms with Gasteiger partial charge in [0.2, 0.25) is 0 Å². The van der Waals surface area contributed by atoms with E-state index in [1.165, 1.54) is 127 Å². The van der Waals surface area contributed by atoms with Crippen molar-refractivity contribution in [1.29, 1.82) is 0 Å². The summed E-state index contributed by atoms with van der Waals surface area (Å²) < 4.78 is 7.75. The van der Waals surface area contributed by atoms with Crippen molar-refractivity contribution in [2.45, 2.75) is 163 Å². The molecule has 0 aliphatic heterocycles. The van der Waals surface area contributed by atoms with Gasteiger partial charge in [0.1, 0.15) is 0 Å². The quantitative estimate of drug-likeness (QED) is 0.137. The molecular weight excluding hydrogens is 1060 g/mol. The molecule has 0 bridgehead atoms. The predicted octanol–water partition coefficient (Wildman–Crippen LogP) is 23.1. The standard InChI is InChI=1S/C85H89N3/c1-79(2,3)57-34-40-72-64(46-57)65-47-58(80(4,5)6)35-41-73(65)86(72)62-38-44-76-68(52-62)69-53-63(87-74-42-36-59(81(7,8)9)48-66(74)67-49-60(82(10,11)12)37-43-75(67)87)39-45-77(69)88(76)78-70(84(15,16)55-30-24-20-25-31-55)50-61(83(13,14)54-28-22-19-23-29-54)51-71(78)85(17,18)56-32-26-21-27-33-56/h19-53H,1-18H3. The van der Waals surface area contributed by atoms with Crippen molar-refractivity contribution in [3.63, 3.8) is 0 Å². The molecule has 0 unspecified atom stereocenters. The summed E-state index contributed by atoms with van der Waals surface area (Å²) in [5.41, 5.74) is 22.4. The van der Waals surface area contributed by atoms with Gasteiger partial charge in [-0.3, -0.25) is 0 Å². The summed E-state index contributed by atoms with van der Waals surface area (Å²) in [7, 11) is 0. The van der Waals surface area contributed by atoms with Crippen molar-refractivity contribution in [2.24, 2.45) is 0 Å². The lowest BCUT2D eigenvalue weighted by molar-refractivity contribution is 0.590. The fraction of sp³-hybridized carbons (Fsp3) is 0.294. The van der Waals surface area contributed by atoms with Gasteiger partial charge in [0.05, 0.1) is 38.8 Å². The molecule has 0 atom stereocenters. The minimum absolute atomic E-state index is 0.0137. The maximum absolute atomic E-state index is 2.67. The molecule has 0 N–H and O–H groups in total. The summed E-state index contributed by atoms with van der Waals surface area (Å²) in [5, 5.41) is 7.55. The third-order valence-corrected chi connectivity index (χ3v) is 20.1. The molecular formula is C85H89N3. The lowest BCUT2D eigenvalue weighted by Gasteiger charge is -2.38. The number of aromatic nitrogens is 3. The summed E-state index contributed by atoms with van der Waals surface area (Å²) >= 11 is 0. The van der Waals surface area contributed by atoms with E-state index in [1.807, 2.05) is 0 Å². The minimum atomic E-state index is -0.453. The van der Waals surface area contributed by atoms with Crippen LogP contribution in [0.3, 0.4) is 0 Å². The Hall–Kier alpha value is -8.40. The van der Waals surface area contributed by atoms with Crippen molar-refractivity contribution in [3.8, 4) is 17.1 Å². The van der Waals surface area contributed by atoms with Crippen molar-refractivity contribution in [3.05, 3.63) is 268 Å². The fourth-order valence-corrected chi connectivity index (χ4v) is 14.2. The molecule has 0 amide bonds. The Balaban J connectivity index is 1.19. The second-order valence-corrected chi connectivity index (χ2v) is 31.2. The molecule has 88 heavy (non-hydrogen) atoms. The Labute approximate surface area is 523 Å². The Morgan fingerprint density at radius 1 is 0.205 bits per heavy atom. The number of rotatable bonds is 9. The molecule has 3 heterocycles. The highest BCUT2D eigenvalue weighted by molar-refractivity contribution is 6.14. The van der Waals surface area contributed by atoms with Gasteiger partial charge in [-0.25, -0.2) is 0 Å². The predicted molar refractivity (Wildman–Crippen MR) is 380 cm³/mol. The molecule has 13 rings (SSSR count). The Morgan fingerprint density at radius 3 is 0.739 bits per heavy atom. The average Bonchev–Trinajstić information content (AvgIpc) is 1.46. The van der Waals surface area contributed by atoms with Gasteiger partial charge in [-0.2, -0.15) is 0 Å². The molecule has 0 aliphatic carbocycles. The highest BCUT2D eigenvalue weighted by Gasteiger charge is 2.38. The van der Waals surface area contributed by atoms with Crippen LogP contribution in [-0.4, -0.2) is 13.7 Å². The number of benzene rings is 10. The van der Waals surface area contributed by atoms with Crippen molar-refractivity contribution >= 4 is 65.4 Å². The monoisotopic (exact) mass is 1150 g/mol. The van der Waals surface area contributed by atoms with E-state index in [1.54, 1.807) is 0 Å². The summed E-state index contributed by atoms with van der Waals surface area (Å²) in [6.45, 7) is 42.5. The largest absolute Gasteiger partial charge is 0.309 e. The topological polar surface area (TPSA) is 14.8 Å². The minimum Gasteiger partial charge on any atom is -0.309 e. The van der Waals surface area contributed by atoms with Crippen LogP contribution in [0.4, 0.5) is 0 Å². The third kappa shape index (κ3) is 9.62. The van der Waals surface area contributed by atoms with Crippen LogP contribution < -0.4 is 0 Å². The van der Waals surface area contributed by atoms with Gasteiger partial charge < -0.3 is 13.7 Å². The van der Waals surface area contributed by atoms with Crippen LogP contribution in [0.25, 0.3) is 82.5 Å². The van der Waals surface area contributed by atoms with Gasteiger partial charge >= 0.3 is 0 Å². The van der Waals surface area contributed by atoms with E-state index in [0.29, 0.717) is 0 Å². The van der Waals surface area contributed by atoms with Gasteiger partial charge in [0.15, 0.2) is 0 Å². The third-order valence-electron chi connectivity index (χ3n) is 20.1. The van der Waals surface area contributed by atoms with E-state index in [2.05, 4.69) is 351 Å². The normalized spacial score (nSPS) is 13.3. The average molecular weight is 1150 g/mol. The molecule has 0 saturated carbocycles. The first-order valence-electron chi connectivity index (χ1n) is 32.1. The highest BCUT2D eigenvalue weighted by atomic mass is 15.0. The summed E-state index contributed by atoms with van der Waals surface area (Å²) in [4.78, 5) is 0. The molecule has 0 saturated heterocycles. The van der Waals surface area contributed by atoms with E-state index in [9.17, 15) is 0 Å². The van der Waals surface area contributed by atoms with Gasteiger partial charge in [0.25, 0.3) is 0 Å². The lowest BCUT2D eigenvalue weighted by atomic mass is 9.68. The van der Waals surface area contributed by atoms with Crippen molar-refractivity contribution in [1.82, 2.24) is 13.7 Å². The van der Waals surface area contributed by atoms with Crippen LogP contribution in [0.5, 0.6) is 0 Å². The number of nitrogens with zero attached hydrogens (tertiary/aromatic N) is 3. The molecule has 3 nitrogen and oxygen atoms in total. The van der Waals surface area contributed by atoms with Gasteiger partial charge in [-0.1, -0.05) is 252 Å². The van der Waals surface area contributed by atoms with Crippen LogP contribution in [0.2, 0.25) is 0 Å².